The molecule has 0 unspecified atom stereocenters. The topological polar surface area (TPSA) is 108 Å². The van der Waals surface area contributed by atoms with E-state index >= 15 is 0 Å². The van der Waals surface area contributed by atoms with Crippen molar-refractivity contribution in [2.75, 3.05) is 0 Å². The number of aromatic nitrogens is 5. The number of fused-ring (bicyclic) bond motifs is 3. The molecular formula is C31H26ClF3N6O4. The predicted octanol–water partition coefficient (Wildman–Crippen LogP) is 5.05. The maximum atomic E-state index is 14.3. The van der Waals surface area contributed by atoms with E-state index in [1.54, 1.807) is 53.5 Å². The molecule has 2 aliphatic rings. The van der Waals surface area contributed by atoms with Gasteiger partial charge in [-0.25, -0.2) is 9.31 Å². The van der Waals surface area contributed by atoms with Crippen LogP contribution in [0.25, 0.3) is 22.7 Å². The van der Waals surface area contributed by atoms with E-state index < -0.39 is 34.5 Å². The van der Waals surface area contributed by atoms with Gasteiger partial charge in [-0.15, -0.1) is 0 Å². The minimum atomic E-state index is -4.72. The van der Waals surface area contributed by atoms with Gasteiger partial charge in [0.25, 0.3) is 11.5 Å². The molecule has 0 saturated heterocycles. The number of alkyl halides is 3. The summed E-state index contributed by atoms with van der Waals surface area (Å²) in [7, 11) is 1.57. The van der Waals surface area contributed by atoms with Crippen LogP contribution in [0.4, 0.5) is 13.2 Å². The standard InChI is InChI=1S/C31H26ClF3N6O4/c1-16-11-22-25(15-39(16)28(42)19-7-10-24(32)23(13-19)31(33,34)35)41-27(20(14-36-41)12-17-3-4-17)40(29(22)43)21-8-5-18(6-9-21)26-37-30(44)45-38(26)2/h5-10,13-14,16-17H,3-4,11-12,15H2,1-2H3/t16-/m1/s1. The molecule has 45 heavy (non-hydrogen) atoms. The fourth-order valence-electron chi connectivity index (χ4n) is 6.06. The average Bonchev–Trinajstić information content (AvgIpc) is 3.62. The van der Waals surface area contributed by atoms with Gasteiger partial charge in [0.15, 0.2) is 5.82 Å². The second-order valence-electron chi connectivity index (χ2n) is 11.6. The molecule has 5 aromatic rings. The summed E-state index contributed by atoms with van der Waals surface area (Å²) in [5, 5.41) is 4.17. The quantitative estimate of drug-likeness (QED) is 0.267. The largest absolute Gasteiger partial charge is 0.460 e. The van der Waals surface area contributed by atoms with Crippen LogP contribution in [0.1, 0.15) is 52.5 Å². The third-order valence-corrected chi connectivity index (χ3v) is 8.85. The molecule has 7 rings (SSSR count). The number of amides is 1. The van der Waals surface area contributed by atoms with Gasteiger partial charge in [-0.05, 0) is 81.0 Å². The van der Waals surface area contributed by atoms with E-state index in [0.717, 1.165) is 37.0 Å². The molecule has 0 spiro atoms. The molecule has 232 valence electrons. The van der Waals surface area contributed by atoms with Gasteiger partial charge in [0.1, 0.15) is 5.65 Å². The normalized spacial score (nSPS) is 16.8. The van der Waals surface area contributed by atoms with E-state index in [0.29, 0.717) is 39.9 Å². The van der Waals surface area contributed by atoms with Crippen molar-refractivity contribution in [3.05, 3.63) is 103 Å². The van der Waals surface area contributed by atoms with E-state index in [1.807, 2.05) is 0 Å². The smallest absolute Gasteiger partial charge is 0.330 e. The van der Waals surface area contributed by atoms with Crippen LogP contribution in [0, 0.1) is 5.92 Å². The highest BCUT2D eigenvalue weighted by molar-refractivity contribution is 6.31. The summed E-state index contributed by atoms with van der Waals surface area (Å²) in [5.74, 6) is -0.489. The molecule has 0 N–H and O–H groups in total. The lowest BCUT2D eigenvalue weighted by Gasteiger charge is -2.35. The van der Waals surface area contributed by atoms with Gasteiger partial charge in [-0.3, -0.25) is 14.2 Å². The Kier molecular flexibility index (Phi) is 6.77. The SMILES string of the molecule is C[C@@H]1Cc2c(n3ncc(CC4CC4)c3n(-c3ccc(-c4nc(=O)on4C)cc3)c2=O)CN1C(=O)c1ccc(Cl)c(C(F)(F)F)c1. The van der Waals surface area contributed by atoms with Crippen LogP contribution in [0.3, 0.4) is 0 Å². The second-order valence-corrected chi connectivity index (χ2v) is 12.0. The number of hydrogen-bond donors (Lipinski definition) is 0. The summed E-state index contributed by atoms with van der Waals surface area (Å²) in [5.41, 5.74) is 2.14. The van der Waals surface area contributed by atoms with Crippen molar-refractivity contribution in [3.63, 3.8) is 0 Å². The van der Waals surface area contributed by atoms with Crippen LogP contribution < -0.4 is 11.3 Å². The summed E-state index contributed by atoms with van der Waals surface area (Å²) in [6, 6.07) is 9.63. The number of carbonyl (C=O) groups is 1. The third kappa shape index (κ3) is 5.04. The molecule has 1 atom stereocenters. The van der Waals surface area contributed by atoms with Crippen molar-refractivity contribution < 1.29 is 22.5 Å². The van der Waals surface area contributed by atoms with Gasteiger partial charge < -0.3 is 9.42 Å². The Labute approximate surface area is 258 Å². The highest BCUT2D eigenvalue weighted by Gasteiger charge is 2.37. The number of nitrogens with zero attached hydrogens (tertiary/aromatic N) is 6. The van der Waals surface area contributed by atoms with Crippen molar-refractivity contribution >= 4 is 23.2 Å². The summed E-state index contributed by atoms with van der Waals surface area (Å²) in [4.78, 5) is 44.9. The lowest BCUT2D eigenvalue weighted by Crippen LogP contribution is -2.46. The summed E-state index contributed by atoms with van der Waals surface area (Å²) in [6.45, 7) is 1.74. The van der Waals surface area contributed by atoms with E-state index in [9.17, 15) is 27.6 Å². The molecule has 10 nitrogen and oxygen atoms in total. The molecule has 1 amide bonds. The number of hydrogen-bond acceptors (Lipinski definition) is 6. The van der Waals surface area contributed by atoms with Crippen LogP contribution in [-0.4, -0.2) is 40.8 Å². The Balaban J connectivity index is 1.33. The van der Waals surface area contributed by atoms with Crippen molar-refractivity contribution in [2.24, 2.45) is 13.0 Å². The van der Waals surface area contributed by atoms with Crippen LogP contribution in [0.5, 0.6) is 0 Å². The molecule has 1 aliphatic carbocycles. The molecule has 0 radical (unpaired) electrons. The van der Waals surface area contributed by atoms with Crippen LogP contribution in [0.15, 0.2) is 62.8 Å². The number of carbonyl (C=O) groups excluding carboxylic acids is 1. The molecule has 2 aromatic carbocycles. The van der Waals surface area contributed by atoms with Gasteiger partial charge >= 0.3 is 11.9 Å². The lowest BCUT2D eigenvalue weighted by atomic mass is 9.97. The molecule has 1 aliphatic heterocycles. The predicted molar refractivity (Wildman–Crippen MR) is 157 cm³/mol. The lowest BCUT2D eigenvalue weighted by molar-refractivity contribution is -0.137. The van der Waals surface area contributed by atoms with Gasteiger partial charge in [-0.2, -0.15) is 28.0 Å². The van der Waals surface area contributed by atoms with Crippen LogP contribution in [-0.2, 0) is 32.6 Å². The van der Waals surface area contributed by atoms with Crippen LogP contribution >= 0.6 is 11.6 Å². The molecule has 0 bridgehead atoms. The first-order valence-electron chi connectivity index (χ1n) is 14.4. The molecule has 3 aromatic heterocycles. The van der Waals surface area contributed by atoms with Crippen molar-refractivity contribution in [2.45, 2.75) is 51.4 Å². The molecule has 1 saturated carbocycles. The maximum Gasteiger partial charge on any atom is 0.460 e. The van der Waals surface area contributed by atoms with E-state index in [4.69, 9.17) is 16.1 Å². The minimum Gasteiger partial charge on any atom is -0.330 e. The van der Waals surface area contributed by atoms with E-state index in [1.165, 1.54) is 15.7 Å². The fraction of sp³-hybridized carbons (Fsp3) is 0.323. The van der Waals surface area contributed by atoms with Crippen LogP contribution in [0.2, 0.25) is 5.02 Å². The molecule has 4 heterocycles. The number of rotatable bonds is 5. The van der Waals surface area contributed by atoms with Gasteiger partial charge in [0.2, 0.25) is 0 Å². The van der Waals surface area contributed by atoms with E-state index in [2.05, 4.69) is 10.1 Å². The Morgan fingerprint density at radius 3 is 2.49 bits per heavy atom. The number of halogens is 4. The Bertz CT molecular complexity index is 2110. The molecular weight excluding hydrogens is 613 g/mol. The maximum absolute atomic E-state index is 14.3. The highest BCUT2D eigenvalue weighted by atomic mass is 35.5. The first kappa shape index (κ1) is 29.1. The van der Waals surface area contributed by atoms with E-state index in [-0.39, 0.29) is 24.1 Å². The second kappa shape index (κ2) is 10.5. The Morgan fingerprint density at radius 1 is 1.11 bits per heavy atom. The third-order valence-electron chi connectivity index (χ3n) is 8.52. The summed E-state index contributed by atoms with van der Waals surface area (Å²) >= 11 is 5.79. The zero-order valence-electron chi connectivity index (χ0n) is 24.1. The number of benzene rings is 2. The van der Waals surface area contributed by atoms with Gasteiger partial charge in [0, 0.05) is 35.3 Å². The zero-order valence-corrected chi connectivity index (χ0v) is 24.9. The van der Waals surface area contributed by atoms with Crippen molar-refractivity contribution in [1.82, 2.24) is 28.8 Å². The van der Waals surface area contributed by atoms with Crippen molar-refractivity contribution in [1.29, 1.82) is 0 Å². The fourth-order valence-corrected chi connectivity index (χ4v) is 6.28. The van der Waals surface area contributed by atoms with Gasteiger partial charge in [-0.1, -0.05) is 11.6 Å². The first-order chi connectivity index (χ1) is 21.4. The highest BCUT2D eigenvalue weighted by Crippen LogP contribution is 2.37. The number of aryl methyl sites for hydroxylation is 1. The monoisotopic (exact) mass is 638 g/mol. The molecule has 14 heteroatoms. The van der Waals surface area contributed by atoms with Crippen molar-refractivity contribution in [3.8, 4) is 17.1 Å². The summed E-state index contributed by atoms with van der Waals surface area (Å²) < 4.78 is 50.2. The minimum absolute atomic E-state index is 0.0183. The Morgan fingerprint density at radius 2 is 1.84 bits per heavy atom. The molecule has 1 fully saturated rings. The van der Waals surface area contributed by atoms with Gasteiger partial charge in [0.05, 0.1) is 34.7 Å². The summed E-state index contributed by atoms with van der Waals surface area (Å²) in [6.07, 6.45) is 0.0817. The first-order valence-corrected chi connectivity index (χ1v) is 14.7. The Hall–Kier alpha value is -4.65. The zero-order chi connectivity index (χ0) is 31.8. The average molecular weight is 639 g/mol.